The second-order valence-corrected chi connectivity index (χ2v) is 7.98. The van der Waals surface area contributed by atoms with Gasteiger partial charge in [0.15, 0.2) is 11.5 Å². The van der Waals surface area contributed by atoms with Crippen LogP contribution in [0.5, 0.6) is 23.0 Å². The highest BCUT2D eigenvalue weighted by molar-refractivity contribution is 6.07. The van der Waals surface area contributed by atoms with Gasteiger partial charge in [-0.2, -0.15) is 0 Å². The number of hydrogen-bond acceptors (Lipinski definition) is 6. The van der Waals surface area contributed by atoms with Crippen molar-refractivity contribution in [3.05, 3.63) is 77.6 Å². The first kappa shape index (κ1) is 24.8. The quantitative estimate of drug-likeness (QED) is 0.354. The van der Waals surface area contributed by atoms with Crippen LogP contribution in [0.4, 0.5) is 4.39 Å². The van der Waals surface area contributed by atoms with Gasteiger partial charge < -0.3 is 24.3 Å². The van der Waals surface area contributed by atoms with E-state index in [-0.39, 0.29) is 5.91 Å². The van der Waals surface area contributed by atoms with Crippen LogP contribution in [0, 0.1) is 5.82 Å². The number of amides is 1. The molecule has 0 unspecified atom stereocenters. The molecule has 0 aliphatic carbocycles. The molecule has 1 amide bonds. The van der Waals surface area contributed by atoms with Crippen molar-refractivity contribution in [2.45, 2.75) is 6.42 Å². The van der Waals surface area contributed by atoms with Gasteiger partial charge in [0, 0.05) is 23.6 Å². The Balaban J connectivity index is 1.64. The lowest BCUT2D eigenvalue weighted by Crippen LogP contribution is -2.26. The molecule has 0 spiro atoms. The van der Waals surface area contributed by atoms with E-state index in [2.05, 4.69) is 10.3 Å². The first-order valence-corrected chi connectivity index (χ1v) is 11.3. The number of rotatable bonds is 9. The smallest absolute Gasteiger partial charge is 0.252 e. The lowest BCUT2D eigenvalue weighted by molar-refractivity contribution is 0.0955. The zero-order chi connectivity index (χ0) is 25.7. The molecule has 36 heavy (non-hydrogen) atoms. The molecule has 4 rings (SSSR count). The monoisotopic (exact) mass is 490 g/mol. The van der Waals surface area contributed by atoms with Crippen LogP contribution in [-0.2, 0) is 6.42 Å². The Morgan fingerprint density at radius 1 is 0.833 bits per heavy atom. The van der Waals surface area contributed by atoms with Crippen molar-refractivity contribution in [2.24, 2.45) is 0 Å². The Morgan fingerprint density at radius 3 is 2.33 bits per heavy atom. The van der Waals surface area contributed by atoms with E-state index in [1.54, 1.807) is 52.7 Å². The number of methoxy groups -OCH3 is 4. The highest BCUT2D eigenvalue weighted by Crippen LogP contribution is 2.34. The maximum Gasteiger partial charge on any atom is 0.252 e. The Bertz CT molecular complexity index is 1410. The Labute approximate surface area is 208 Å². The summed E-state index contributed by atoms with van der Waals surface area (Å²) < 4.78 is 35.5. The molecule has 0 radical (unpaired) electrons. The first-order chi connectivity index (χ1) is 17.5. The third-order valence-corrected chi connectivity index (χ3v) is 5.85. The number of halogens is 1. The highest BCUT2D eigenvalue weighted by atomic mass is 19.1. The Kier molecular flexibility index (Phi) is 7.53. The van der Waals surface area contributed by atoms with Gasteiger partial charge in [0.25, 0.3) is 5.91 Å². The first-order valence-electron chi connectivity index (χ1n) is 11.3. The van der Waals surface area contributed by atoms with Crippen LogP contribution in [-0.4, -0.2) is 45.9 Å². The van der Waals surface area contributed by atoms with Crippen molar-refractivity contribution in [1.82, 2.24) is 10.3 Å². The third kappa shape index (κ3) is 5.17. The molecular weight excluding hydrogens is 463 g/mol. The van der Waals surface area contributed by atoms with E-state index >= 15 is 0 Å². The highest BCUT2D eigenvalue weighted by Gasteiger charge is 2.17. The standard InChI is InChI=1S/C28H27FN2O5/c1-33-19-7-8-20(26(15-19)35-3)24-16-22(21-14-18(29)6-9-23(21)31-24)28(32)30-12-11-17-5-10-25(34-2)27(13-17)36-4/h5-10,13-16H,11-12H2,1-4H3,(H,30,32). The molecule has 0 fully saturated rings. The zero-order valence-electron chi connectivity index (χ0n) is 20.6. The van der Waals surface area contributed by atoms with Crippen molar-refractivity contribution in [2.75, 3.05) is 35.0 Å². The van der Waals surface area contributed by atoms with Crippen molar-refractivity contribution >= 4 is 16.8 Å². The second-order valence-electron chi connectivity index (χ2n) is 7.98. The number of carbonyl (C=O) groups excluding carboxylic acids is 1. The van der Waals surface area contributed by atoms with Crippen molar-refractivity contribution in [1.29, 1.82) is 0 Å². The molecule has 0 aliphatic heterocycles. The fraction of sp³-hybridized carbons (Fsp3) is 0.214. The van der Waals surface area contributed by atoms with Gasteiger partial charge >= 0.3 is 0 Å². The molecule has 0 aliphatic rings. The van der Waals surface area contributed by atoms with Crippen LogP contribution >= 0.6 is 0 Å². The van der Waals surface area contributed by atoms with Gasteiger partial charge in [-0.05, 0) is 60.5 Å². The molecule has 0 saturated carbocycles. The molecule has 1 N–H and O–H groups in total. The van der Waals surface area contributed by atoms with Gasteiger partial charge in [-0.25, -0.2) is 9.37 Å². The average Bonchev–Trinajstić information content (AvgIpc) is 2.91. The van der Waals surface area contributed by atoms with E-state index in [1.165, 1.54) is 12.1 Å². The SMILES string of the molecule is COc1ccc(-c2cc(C(=O)NCCc3ccc(OC)c(OC)c3)c3cc(F)ccc3n2)c(OC)c1. The third-order valence-electron chi connectivity index (χ3n) is 5.85. The summed E-state index contributed by atoms with van der Waals surface area (Å²) in [6.45, 7) is 0.370. The van der Waals surface area contributed by atoms with E-state index < -0.39 is 5.82 Å². The van der Waals surface area contributed by atoms with Crippen LogP contribution in [0.2, 0.25) is 0 Å². The van der Waals surface area contributed by atoms with E-state index in [4.69, 9.17) is 18.9 Å². The summed E-state index contributed by atoms with van der Waals surface area (Å²) in [4.78, 5) is 17.9. The number of nitrogens with one attached hydrogen (secondary N) is 1. The van der Waals surface area contributed by atoms with Crippen LogP contribution in [0.15, 0.2) is 60.7 Å². The molecule has 7 nitrogen and oxygen atoms in total. The molecule has 1 aromatic heterocycles. The van der Waals surface area contributed by atoms with E-state index in [0.717, 1.165) is 5.56 Å². The molecule has 8 heteroatoms. The minimum Gasteiger partial charge on any atom is -0.497 e. The topological polar surface area (TPSA) is 78.9 Å². The number of pyridine rings is 1. The van der Waals surface area contributed by atoms with E-state index in [0.29, 0.717) is 63.7 Å². The number of ether oxygens (including phenoxy) is 4. The summed E-state index contributed by atoms with van der Waals surface area (Å²) in [5.74, 6) is 1.66. The number of aromatic nitrogens is 1. The molecule has 3 aromatic carbocycles. The summed E-state index contributed by atoms with van der Waals surface area (Å²) in [6, 6.07) is 16.8. The summed E-state index contributed by atoms with van der Waals surface area (Å²) >= 11 is 0. The number of nitrogens with zero attached hydrogens (tertiary/aromatic N) is 1. The van der Waals surface area contributed by atoms with Crippen molar-refractivity contribution < 1.29 is 28.1 Å². The van der Waals surface area contributed by atoms with Gasteiger partial charge in [-0.1, -0.05) is 6.07 Å². The lowest BCUT2D eigenvalue weighted by Gasteiger charge is -2.14. The van der Waals surface area contributed by atoms with Crippen LogP contribution in [0.1, 0.15) is 15.9 Å². The number of carbonyl (C=O) groups is 1. The minimum atomic E-state index is -0.446. The lowest BCUT2D eigenvalue weighted by atomic mass is 10.0. The molecule has 4 aromatic rings. The fourth-order valence-electron chi connectivity index (χ4n) is 3.99. The van der Waals surface area contributed by atoms with Gasteiger partial charge in [0.2, 0.25) is 0 Å². The van der Waals surface area contributed by atoms with Crippen molar-refractivity contribution in [3.63, 3.8) is 0 Å². The van der Waals surface area contributed by atoms with Crippen LogP contribution < -0.4 is 24.3 Å². The minimum absolute atomic E-state index is 0.319. The molecular formula is C28H27FN2O5. The maximum absolute atomic E-state index is 14.1. The molecule has 0 bridgehead atoms. The van der Waals surface area contributed by atoms with Gasteiger partial charge in [-0.3, -0.25) is 4.79 Å². The molecule has 0 atom stereocenters. The average molecular weight is 491 g/mol. The number of benzene rings is 3. The predicted molar refractivity (Wildman–Crippen MR) is 136 cm³/mol. The van der Waals surface area contributed by atoms with E-state index in [1.807, 2.05) is 24.3 Å². The molecule has 1 heterocycles. The second kappa shape index (κ2) is 10.9. The summed E-state index contributed by atoms with van der Waals surface area (Å²) in [7, 11) is 6.28. The van der Waals surface area contributed by atoms with E-state index in [9.17, 15) is 9.18 Å². The summed E-state index contributed by atoms with van der Waals surface area (Å²) in [6.07, 6.45) is 0.572. The molecule has 186 valence electrons. The molecule has 0 saturated heterocycles. The van der Waals surface area contributed by atoms with Crippen molar-refractivity contribution in [3.8, 4) is 34.3 Å². The largest absolute Gasteiger partial charge is 0.497 e. The Morgan fingerprint density at radius 2 is 1.61 bits per heavy atom. The normalized spacial score (nSPS) is 10.7. The van der Waals surface area contributed by atoms with Gasteiger partial charge in [-0.15, -0.1) is 0 Å². The predicted octanol–water partition coefficient (Wildman–Crippen LogP) is 5.05. The Hall–Kier alpha value is -4.33. The number of fused-ring (bicyclic) bond motifs is 1. The summed E-state index contributed by atoms with van der Waals surface area (Å²) in [5, 5.41) is 3.36. The van der Waals surface area contributed by atoms with Crippen LogP contribution in [0.25, 0.3) is 22.2 Å². The van der Waals surface area contributed by atoms with Crippen LogP contribution in [0.3, 0.4) is 0 Å². The summed E-state index contributed by atoms with van der Waals surface area (Å²) in [5.41, 5.74) is 3.00. The van der Waals surface area contributed by atoms with Gasteiger partial charge in [0.05, 0.1) is 45.2 Å². The number of hydrogen-bond donors (Lipinski definition) is 1. The fourth-order valence-corrected chi connectivity index (χ4v) is 3.99. The van der Waals surface area contributed by atoms with Gasteiger partial charge in [0.1, 0.15) is 17.3 Å². The maximum atomic E-state index is 14.1. The zero-order valence-corrected chi connectivity index (χ0v) is 20.6.